The molecule has 0 spiro atoms. The Labute approximate surface area is 105 Å². The van der Waals surface area contributed by atoms with Crippen molar-refractivity contribution in [1.29, 1.82) is 0 Å². The minimum Gasteiger partial charge on any atom is -0.385 e. The van der Waals surface area contributed by atoms with Crippen molar-refractivity contribution in [3.05, 3.63) is 11.9 Å². The number of hydrogen-bond donors (Lipinski definition) is 2. The number of carbonyl (C=O) groups is 2. The highest BCUT2D eigenvalue weighted by molar-refractivity contribution is 5.94. The summed E-state index contributed by atoms with van der Waals surface area (Å²) in [5.41, 5.74) is 0.185. The lowest BCUT2D eigenvalue weighted by atomic mass is 10.4. The van der Waals surface area contributed by atoms with Crippen LogP contribution in [0.5, 0.6) is 0 Å². The number of ether oxygens (including phenoxy) is 1. The summed E-state index contributed by atoms with van der Waals surface area (Å²) in [5, 5.41) is 12.2. The van der Waals surface area contributed by atoms with Crippen LogP contribution in [0.15, 0.2) is 6.20 Å². The Bertz CT molecular complexity index is 379. The molecule has 0 aliphatic rings. The van der Waals surface area contributed by atoms with E-state index in [1.807, 2.05) is 0 Å². The lowest BCUT2D eigenvalue weighted by Gasteiger charge is -2.15. The number of carbonyl (C=O) groups excluding carboxylic acids is 2. The highest BCUT2D eigenvalue weighted by Gasteiger charge is 2.16. The Kier molecular flexibility index (Phi) is 5.78. The Morgan fingerprint density at radius 3 is 2.94 bits per heavy atom. The van der Waals surface area contributed by atoms with Gasteiger partial charge >= 0.3 is 0 Å². The van der Waals surface area contributed by atoms with Crippen molar-refractivity contribution in [2.24, 2.45) is 0 Å². The maximum atomic E-state index is 11.7. The van der Waals surface area contributed by atoms with Gasteiger partial charge in [-0.1, -0.05) is 0 Å². The van der Waals surface area contributed by atoms with Gasteiger partial charge in [0.2, 0.25) is 5.91 Å². The molecule has 0 aliphatic carbocycles. The third kappa shape index (κ3) is 4.50. The monoisotopic (exact) mass is 255 g/mol. The summed E-state index contributed by atoms with van der Waals surface area (Å²) in [7, 11) is 3.14. The number of likely N-dealkylation sites (N-methyl/N-ethyl adjacent to an activating group) is 1. The van der Waals surface area contributed by atoms with E-state index in [-0.39, 0.29) is 24.1 Å². The summed E-state index contributed by atoms with van der Waals surface area (Å²) in [4.78, 5) is 24.5. The molecule has 2 amide bonds. The Morgan fingerprint density at radius 1 is 1.56 bits per heavy atom. The third-order valence-electron chi connectivity index (χ3n) is 2.21. The number of H-pyrrole nitrogens is 1. The Hall–Kier alpha value is -1.96. The van der Waals surface area contributed by atoms with Crippen molar-refractivity contribution in [2.75, 3.05) is 33.9 Å². The van der Waals surface area contributed by atoms with E-state index in [2.05, 4.69) is 20.7 Å². The van der Waals surface area contributed by atoms with Crippen molar-refractivity contribution in [2.45, 2.75) is 6.42 Å². The van der Waals surface area contributed by atoms with E-state index < -0.39 is 0 Å². The van der Waals surface area contributed by atoms with Crippen LogP contribution in [0.1, 0.15) is 16.9 Å². The summed E-state index contributed by atoms with van der Waals surface area (Å²) < 4.78 is 4.86. The molecule has 1 heterocycles. The quantitative estimate of drug-likeness (QED) is 0.610. The van der Waals surface area contributed by atoms with E-state index in [1.54, 1.807) is 7.11 Å². The fraction of sp³-hybridized carbons (Fsp3) is 0.600. The van der Waals surface area contributed by atoms with Crippen LogP contribution < -0.4 is 5.32 Å². The molecule has 1 aromatic rings. The molecule has 0 saturated carbocycles. The normalized spacial score (nSPS) is 10.1. The first-order valence-electron chi connectivity index (χ1n) is 5.52. The van der Waals surface area contributed by atoms with Gasteiger partial charge in [-0.3, -0.25) is 9.59 Å². The fourth-order valence-electron chi connectivity index (χ4n) is 1.29. The predicted octanol–water partition coefficient (Wildman–Crippen LogP) is -0.971. The van der Waals surface area contributed by atoms with Crippen LogP contribution in [0, 0.1) is 0 Å². The van der Waals surface area contributed by atoms with Gasteiger partial charge in [-0.25, -0.2) is 0 Å². The lowest BCUT2D eigenvalue weighted by Crippen LogP contribution is -2.39. The molecule has 1 aromatic heterocycles. The van der Waals surface area contributed by atoms with Crippen LogP contribution in [0.2, 0.25) is 0 Å². The molecule has 0 saturated heterocycles. The zero-order valence-corrected chi connectivity index (χ0v) is 10.5. The number of nitrogens with zero attached hydrogens (tertiary/aromatic N) is 3. The van der Waals surface area contributed by atoms with Gasteiger partial charge in [0.25, 0.3) is 5.91 Å². The van der Waals surface area contributed by atoms with Gasteiger partial charge in [0.15, 0.2) is 5.69 Å². The Morgan fingerprint density at radius 2 is 2.33 bits per heavy atom. The topological polar surface area (TPSA) is 100 Å². The van der Waals surface area contributed by atoms with E-state index in [4.69, 9.17) is 4.74 Å². The SMILES string of the molecule is COCCCNC(=O)CN(C)C(=O)c1cn[nH]n1. The zero-order chi connectivity index (χ0) is 13.4. The summed E-state index contributed by atoms with van der Waals surface area (Å²) in [6.07, 6.45) is 2.05. The van der Waals surface area contributed by atoms with E-state index in [1.165, 1.54) is 18.1 Å². The standard InChI is InChI=1S/C10H17N5O3/c1-15(10(17)8-6-12-14-13-8)7-9(16)11-4-3-5-18-2/h6H,3-5,7H2,1-2H3,(H,11,16)(H,12,13,14). The zero-order valence-electron chi connectivity index (χ0n) is 10.5. The number of hydrogen-bond acceptors (Lipinski definition) is 5. The largest absolute Gasteiger partial charge is 0.385 e. The van der Waals surface area contributed by atoms with E-state index in [9.17, 15) is 9.59 Å². The average molecular weight is 255 g/mol. The molecule has 0 unspecified atom stereocenters. The van der Waals surface area contributed by atoms with Crippen LogP contribution >= 0.6 is 0 Å². The highest BCUT2D eigenvalue weighted by atomic mass is 16.5. The van der Waals surface area contributed by atoms with Gasteiger partial charge in [-0.15, -0.1) is 0 Å². The first-order chi connectivity index (χ1) is 8.65. The van der Waals surface area contributed by atoms with Gasteiger partial charge in [-0.05, 0) is 6.42 Å². The number of amides is 2. The minimum absolute atomic E-state index is 0.0152. The molecular weight excluding hydrogens is 238 g/mol. The van der Waals surface area contributed by atoms with Gasteiger partial charge in [-0.2, -0.15) is 15.4 Å². The first-order valence-corrected chi connectivity index (χ1v) is 5.52. The summed E-state index contributed by atoms with van der Waals surface area (Å²) in [6.45, 7) is 1.10. The number of aromatic amines is 1. The van der Waals surface area contributed by atoms with Crippen LogP contribution in [0.3, 0.4) is 0 Å². The molecule has 8 nitrogen and oxygen atoms in total. The molecule has 0 radical (unpaired) electrons. The fourth-order valence-corrected chi connectivity index (χ4v) is 1.29. The van der Waals surface area contributed by atoms with Gasteiger partial charge in [0.1, 0.15) is 0 Å². The van der Waals surface area contributed by atoms with Crippen molar-refractivity contribution < 1.29 is 14.3 Å². The molecular formula is C10H17N5O3. The van der Waals surface area contributed by atoms with E-state index in [0.717, 1.165) is 6.42 Å². The number of methoxy groups -OCH3 is 1. The van der Waals surface area contributed by atoms with Crippen LogP contribution in [-0.2, 0) is 9.53 Å². The second-order valence-corrected chi connectivity index (χ2v) is 3.71. The van der Waals surface area contributed by atoms with Gasteiger partial charge < -0.3 is 15.0 Å². The molecule has 0 aliphatic heterocycles. The van der Waals surface area contributed by atoms with Crippen molar-refractivity contribution >= 4 is 11.8 Å². The number of nitrogens with one attached hydrogen (secondary N) is 2. The van der Waals surface area contributed by atoms with Crippen LogP contribution in [0.4, 0.5) is 0 Å². The molecule has 100 valence electrons. The first kappa shape index (κ1) is 14.1. The molecule has 2 N–H and O–H groups in total. The maximum absolute atomic E-state index is 11.7. The van der Waals surface area contributed by atoms with E-state index in [0.29, 0.717) is 13.2 Å². The summed E-state index contributed by atoms with van der Waals surface area (Å²) in [5.74, 6) is -0.568. The molecule has 0 atom stereocenters. The second-order valence-electron chi connectivity index (χ2n) is 3.71. The van der Waals surface area contributed by atoms with Crippen LogP contribution in [-0.4, -0.2) is 66.0 Å². The van der Waals surface area contributed by atoms with Crippen LogP contribution in [0.25, 0.3) is 0 Å². The highest BCUT2D eigenvalue weighted by Crippen LogP contribution is 1.96. The third-order valence-corrected chi connectivity index (χ3v) is 2.21. The summed E-state index contributed by atoms with van der Waals surface area (Å²) in [6, 6.07) is 0. The molecule has 1 rings (SSSR count). The number of rotatable bonds is 7. The molecule has 18 heavy (non-hydrogen) atoms. The average Bonchev–Trinajstić information content (AvgIpc) is 2.87. The predicted molar refractivity (Wildman–Crippen MR) is 62.8 cm³/mol. The summed E-state index contributed by atoms with van der Waals surface area (Å²) >= 11 is 0. The van der Waals surface area contributed by atoms with Crippen molar-refractivity contribution in [1.82, 2.24) is 25.6 Å². The van der Waals surface area contributed by atoms with E-state index >= 15 is 0 Å². The molecule has 8 heteroatoms. The molecule has 0 bridgehead atoms. The van der Waals surface area contributed by atoms with Gasteiger partial charge in [0.05, 0.1) is 12.7 Å². The van der Waals surface area contributed by atoms with Crippen molar-refractivity contribution in [3.8, 4) is 0 Å². The number of aromatic nitrogens is 3. The maximum Gasteiger partial charge on any atom is 0.276 e. The Balaban J connectivity index is 2.29. The van der Waals surface area contributed by atoms with Crippen molar-refractivity contribution in [3.63, 3.8) is 0 Å². The lowest BCUT2D eigenvalue weighted by molar-refractivity contribution is -0.121. The van der Waals surface area contributed by atoms with Gasteiger partial charge in [0, 0.05) is 27.3 Å². The molecule has 0 aromatic carbocycles. The minimum atomic E-state index is -0.351. The molecule has 0 fully saturated rings. The smallest absolute Gasteiger partial charge is 0.276 e. The second kappa shape index (κ2) is 7.38.